The molecule has 1 aliphatic carbocycles. The average molecular weight is 365 g/mol. The number of hydrogen-bond acceptors (Lipinski definition) is 3. The van der Waals surface area contributed by atoms with Crippen molar-refractivity contribution in [2.24, 2.45) is 5.41 Å². The highest BCUT2D eigenvalue weighted by Gasteiger charge is 2.39. The summed E-state index contributed by atoms with van der Waals surface area (Å²) in [4.78, 5) is 14.9. The SMILES string of the molecule is C[C@H](NS(=O)(=O)c1ccccc1)C(=O)N1CCCC2(CCCCC2)C1. The molecule has 0 unspecified atom stereocenters. The Bertz CT molecular complexity index is 691. The number of benzene rings is 1. The van der Waals surface area contributed by atoms with E-state index in [1.807, 2.05) is 4.90 Å². The third kappa shape index (κ3) is 4.23. The minimum absolute atomic E-state index is 0.107. The predicted molar refractivity (Wildman–Crippen MR) is 97.6 cm³/mol. The number of amides is 1. The number of nitrogens with one attached hydrogen (secondary N) is 1. The summed E-state index contributed by atoms with van der Waals surface area (Å²) in [6.45, 7) is 3.16. The van der Waals surface area contributed by atoms with Gasteiger partial charge >= 0.3 is 0 Å². The summed E-state index contributed by atoms with van der Waals surface area (Å²) in [5.74, 6) is -0.107. The fraction of sp³-hybridized carbons (Fsp3) is 0.632. The van der Waals surface area contributed by atoms with Gasteiger partial charge in [0.05, 0.1) is 10.9 Å². The monoisotopic (exact) mass is 364 g/mol. The number of rotatable bonds is 4. The van der Waals surface area contributed by atoms with Crippen LogP contribution in [0.25, 0.3) is 0 Å². The zero-order chi connectivity index (χ0) is 17.9. The molecule has 5 nitrogen and oxygen atoms in total. The van der Waals surface area contributed by atoms with Crippen LogP contribution in [-0.2, 0) is 14.8 Å². The van der Waals surface area contributed by atoms with Crippen LogP contribution in [0.3, 0.4) is 0 Å². The highest BCUT2D eigenvalue weighted by atomic mass is 32.2. The lowest BCUT2D eigenvalue weighted by Gasteiger charge is -2.45. The van der Waals surface area contributed by atoms with Gasteiger partial charge in [-0.15, -0.1) is 0 Å². The Balaban J connectivity index is 1.66. The lowest BCUT2D eigenvalue weighted by atomic mass is 9.69. The summed E-state index contributed by atoms with van der Waals surface area (Å²) in [5, 5.41) is 0. The van der Waals surface area contributed by atoms with E-state index in [1.165, 1.54) is 50.7 Å². The third-order valence-corrected chi connectivity index (χ3v) is 7.20. The van der Waals surface area contributed by atoms with Crippen molar-refractivity contribution < 1.29 is 13.2 Å². The molecule has 1 aromatic rings. The van der Waals surface area contributed by atoms with Gasteiger partial charge in [0.2, 0.25) is 15.9 Å². The van der Waals surface area contributed by atoms with E-state index in [0.717, 1.165) is 19.5 Å². The van der Waals surface area contributed by atoms with E-state index >= 15 is 0 Å². The quantitative estimate of drug-likeness (QED) is 0.893. The van der Waals surface area contributed by atoms with Gasteiger partial charge in [-0.2, -0.15) is 4.72 Å². The maximum atomic E-state index is 12.8. The van der Waals surface area contributed by atoms with Gasteiger partial charge in [0.1, 0.15) is 0 Å². The van der Waals surface area contributed by atoms with Gasteiger partial charge in [0.25, 0.3) is 0 Å². The number of carbonyl (C=O) groups is 1. The molecule has 0 aromatic heterocycles. The summed E-state index contributed by atoms with van der Waals surface area (Å²) >= 11 is 0. The van der Waals surface area contributed by atoms with Gasteiger partial charge < -0.3 is 4.90 Å². The number of sulfonamides is 1. The smallest absolute Gasteiger partial charge is 0.241 e. The second-order valence-electron chi connectivity index (χ2n) is 7.58. The third-order valence-electron chi connectivity index (χ3n) is 5.64. The number of nitrogens with zero attached hydrogens (tertiary/aromatic N) is 1. The second-order valence-corrected chi connectivity index (χ2v) is 9.29. The lowest BCUT2D eigenvalue weighted by Crippen LogP contribution is -2.53. The van der Waals surface area contributed by atoms with Gasteiger partial charge in [-0.1, -0.05) is 37.5 Å². The molecule has 2 aliphatic rings. The first kappa shape index (κ1) is 18.4. The van der Waals surface area contributed by atoms with Gasteiger partial charge in [-0.05, 0) is 50.2 Å². The molecule has 1 amide bonds. The molecule has 1 atom stereocenters. The van der Waals surface area contributed by atoms with Crippen molar-refractivity contribution in [1.29, 1.82) is 0 Å². The minimum atomic E-state index is -3.67. The van der Waals surface area contributed by atoms with Crippen LogP contribution in [0.15, 0.2) is 35.2 Å². The van der Waals surface area contributed by atoms with Gasteiger partial charge in [-0.25, -0.2) is 8.42 Å². The zero-order valence-corrected chi connectivity index (χ0v) is 15.7. The average Bonchev–Trinajstić information content (AvgIpc) is 2.62. The summed E-state index contributed by atoms with van der Waals surface area (Å²) in [7, 11) is -3.67. The molecule has 6 heteroatoms. The van der Waals surface area contributed by atoms with Crippen LogP contribution in [0, 0.1) is 5.41 Å². The van der Waals surface area contributed by atoms with Crippen LogP contribution in [0.4, 0.5) is 0 Å². The van der Waals surface area contributed by atoms with E-state index in [0.29, 0.717) is 0 Å². The van der Waals surface area contributed by atoms with Crippen LogP contribution in [0.2, 0.25) is 0 Å². The van der Waals surface area contributed by atoms with Gasteiger partial charge in [-0.3, -0.25) is 4.79 Å². The molecule has 138 valence electrons. The lowest BCUT2D eigenvalue weighted by molar-refractivity contribution is -0.136. The number of likely N-dealkylation sites (tertiary alicyclic amines) is 1. The Kier molecular flexibility index (Phi) is 5.49. The molecule has 1 aromatic carbocycles. The fourth-order valence-electron chi connectivity index (χ4n) is 4.33. The van der Waals surface area contributed by atoms with Crippen LogP contribution < -0.4 is 4.72 Å². The topological polar surface area (TPSA) is 66.5 Å². The molecule has 3 rings (SSSR count). The molecule has 25 heavy (non-hydrogen) atoms. The highest BCUT2D eigenvalue weighted by molar-refractivity contribution is 7.89. The number of piperidine rings is 1. The maximum absolute atomic E-state index is 12.8. The Morgan fingerprint density at radius 2 is 1.72 bits per heavy atom. The molecular weight excluding hydrogens is 336 g/mol. The van der Waals surface area contributed by atoms with Gasteiger partial charge in [0.15, 0.2) is 0 Å². The number of carbonyl (C=O) groups excluding carboxylic acids is 1. The van der Waals surface area contributed by atoms with E-state index in [4.69, 9.17) is 0 Å². The van der Waals surface area contributed by atoms with E-state index in [2.05, 4.69) is 4.72 Å². The Labute approximate surface area is 150 Å². The summed E-state index contributed by atoms with van der Waals surface area (Å²) < 4.78 is 27.4. The molecular formula is C19H28N2O3S. The first-order valence-corrected chi connectivity index (χ1v) is 10.8. The molecule has 1 heterocycles. The fourth-order valence-corrected chi connectivity index (χ4v) is 5.55. The largest absolute Gasteiger partial charge is 0.341 e. The van der Waals surface area contributed by atoms with Crippen LogP contribution in [0.5, 0.6) is 0 Å². The van der Waals surface area contributed by atoms with Gasteiger partial charge in [0, 0.05) is 13.1 Å². The zero-order valence-electron chi connectivity index (χ0n) is 14.9. The van der Waals surface area contributed by atoms with E-state index in [9.17, 15) is 13.2 Å². The summed E-state index contributed by atoms with van der Waals surface area (Å²) in [5.41, 5.74) is 0.268. The van der Waals surface area contributed by atoms with E-state index in [-0.39, 0.29) is 16.2 Å². The van der Waals surface area contributed by atoms with Crippen molar-refractivity contribution >= 4 is 15.9 Å². The predicted octanol–water partition coefficient (Wildman–Crippen LogP) is 2.93. The van der Waals surface area contributed by atoms with Crippen molar-refractivity contribution in [3.63, 3.8) is 0 Å². The Hall–Kier alpha value is -1.40. The summed E-state index contributed by atoms with van der Waals surface area (Å²) in [6, 6.07) is 7.46. The molecule has 0 bridgehead atoms. The first-order chi connectivity index (χ1) is 11.9. The maximum Gasteiger partial charge on any atom is 0.241 e. The second kappa shape index (κ2) is 7.46. The molecule has 1 N–H and O–H groups in total. The molecule has 1 spiro atoms. The van der Waals surface area contributed by atoms with E-state index in [1.54, 1.807) is 25.1 Å². The normalized spacial score (nSPS) is 21.9. The Morgan fingerprint density at radius 1 is 1.08 bits per heavy atom. The van der Waals surface area contributed by atoms with Crippen molar-refractivity contribution in [3.05, 3.63) is 30.3 Å². The van der Waals surface area contributed by atoms with Crippen molar-refractivity contribution in [3.8, 4) is 0 Å². The van der Waals surface area contributed by atoms with E-state index < -0.39 is 16.1 Å². The molecule has 2 fully saturated rings. The number of hydrogen-bond donors (Lipinski definition) is 1. The standard InChI is InChI=1S/C19H28N2O3S/c1-16(20-25(23,24)17-9-4-2-5-10-17)18(22)21-14-8-13-19(15-21)11-6-3-7-12-19/h2,4-5,9-10,16,20H,3,6-8,11-15H2,1H3/t16-/m0/s1. The van der Waals surface area contributed by atoms with Crippen LogP contribution in [-0.4, -0.2) is 38.4 Å². The molecule has 1 aliphatic heterocycles. The van der Waals surface area contributed by atoms with Crippen molar-refractivity contribution in [2.75, 3.05) is 13.1 Å². The van der Waals surface area contributed by atoms with Crippen LogP contribution in [0.1, 0.15) is 51.9 Å². The first-order valence-electron chi connectivity index (χ1n) is 9.28. The molecule has 1 saturated heterocycles. The van der Waals surface area contributed by atoms with Crippen molar-refractivity contribution in [2.45, 2.75) is 62.8 Å². The van der Waals surface area contributed by atoms with Crippen molar-refractivity contribution in [1.82, 2.24) is 9.62 Å². The van der Waals surface area contributed by atoms with Crippen LogP contribution >= 0.6 is 0 Å². The molecule has 1 saturated carbocycles. The molecule has 0 radical (unpaired) electrons. The minimum Gasteiger partial charge on any atom is -0.341 e. The highest BCUT2D eigenvalue weighted by Crippen LogP contribution is 2.43. The summed E-state index contributed by atoms with van der Waals surface area (Å²) in [6.07, 6.45) is 8.39. The Morgan fingerprint density at radius 3 is 2.40 bits per heavy atom.